The number of alkyl halides is 3. The third-order valence-corrected chi connectivity index (χ3v) is 1.64. The Morgan fingerprint density at radius 3 is 2.60 bits per heavy atom. The van der Waals surface area contributed by atoms with Crippen molar-refractivity contribution in [3.63, 3.8) is 0 Å². The van der Waals surface area contributed by atoms with Gasteiger partial charge >= 0.3 is 6.18 Å². The lowest BCUT2D eigenvalue weighted by Gasteiger charge is -2.14. The van der Waals surface area contributed by atoms with Gasteiger partial charge in [-0.05, 0) is 12.1 Å². The third kappa shape index (κ3) is 2.44. The molecule has 2 N–H and O–H groups in total. The first-order valence-corrected chi connectivity index (χ1v) is 3.89. The molecule has 0 aliphatic carbocycles. The summed E-state index contributed by atoms with van der Waals surface area (Å²) in [7, 11) is 1.15. The number of carbonyl (C=O) groups excluding carboxylic acids is 1. The standard InChI is InChI=1S/C8H8F3N3O/c1-14(12)7(15)6-5(8(9,10)11)3-2-4-13-6/h2-4H,12H2,1H3. The van der Waals surface area contributed by atoms with Gasteiger partial charge in [0.15, 0.2) is 0 Å². The SMILES string of the molecule is CN(N)C(=O)c1ncccc1C(F)(F)F. The van der Waals surface area contributed by atoms with Crippen molar-refractivity contribution in [2.75, 3.05) is 7.05 Å². The fourth-order valence-electron chi connectivity index (χ4n) is 0.972. The molecule has 0 spiro atoms. The topological polar surface area (TPSA) is 59.2 Å². The van der Waals surface area contributed by atoms with Crippen molar-refractivity contribution < 1.29 is 18.0 Å². The minimum atomic E-state index is -4.62. The number of amides is 1. The minimum absolute atomic E-state index is 0.553. The van der Waals surface area contributed by atoms with Crippen molar-refractivity contribution in [1.82, 2.24) is 9.99 Å². The van der Waals surface area contributed by atoms with Gasteiger partial charge < -0.3 is 0 Å². The van der Waals surface area contributed by atoms with Crippen molar-refractivity contribution in [3.8, 4) is 0 Å². The predicted octanol–water partition coefficient (Wildman–Crippen LogP) is 1.05. The number of nitrogens with zero attached hydrogens (tertiary/aromatic N) is 2. The van der Waals surface area contributed by atoms with E-state index in [0.717, 1.165) is 25.4 Å². The maximum Gasteiger partial charge on any atom is 0.418 e. The van der Waals surface area contributed by atoms with Crippen LogP contribution in [0.4, 0.5) is 13.2 Å². The molecule has 15 heavy (non-hydrogen) atoms. The van der Waals surface area contributed by atoms with Crippen molar-refractivity contribution in [2.24, 2.45) is 5.84 Å². The number of halogens is 3. The Hall–Kier alpha value is -1.63. The zero-order chi connectivity index (χ0) is 11.6. The van der Waals surface area contributed by atoms with Gasteiger partial charge in [0.1, 0.15) is 5.69 Å². The molecule has 0 saturated carbocycles. The quantitative estimate of drug-likeness (QED) is 0.436. The van der Waals surface area contributed by atoms with Gasteiger partial charge in [-0.1, -0.05) is 0 Å². The molecule has 1 aromatic rings. The van der Waals surface area contributed by atoms with Crippen molar-refractivity contribution in [2.45, 2.75) is 6.18 Å². The van der Waals surface area contributed by atoms with Gasteiger partial charge in [-0.25, -0.2) is 5.84 Å². The van der Waals surface area contributed by atoms with E-state index in [1.54, 1.807) is 0 Å². The maximum absolute atomic E-state index is 12.4. The first-order chi connectivity index (χ1) is 6.84. The highest BCUT2D eigenvalue weighted by molar-refractivity contribution is 5.93. The number of carbonyl (C=O) groups is 1. The van der Waals surface area contributed by atoms with Gasteiger partial charge in [0.25, 0.3) is 5.91 Å². The lowest BCUT2D eigenvalue weighted by molar-refractivity contribution is -0.138. The summed E-state index contributed by atoms with van der Waals surface area (Å²) in [5, 5.41) is 0.553. The van der Waals surface area contributed by atoms with Crippen LogP contribution in [0, 0.1) is 0 Å². The summed E-state index contributed by atoms with van der Waals surface area (Å²) >= 11 is 0. The number of pyridine rings is 1. The molecule has 82 valence electrons. The molecule has 0 aliphatic rings. The van der Waals surface area contributed by atoms with Gasteiger partial charge in [0.2, 0.25) is 0 Å². The van der Waals surface area contributed by atoms with Crippen LogP contribution in [0.1, 0.15) is 16.1 Å². The minimum Gasteiger partial charge on any atom is -0.278 e. The fraction of sp³-hybridized carbons (Fsp3) is 0.250. The average Bonchev–Trinajstić information content (AvgIpc) is 2.15. The number of hydrazine groups is 1. The number of hydrogen-bond donors (Lipinski definition) is 1. The Morgan fingerprint density at radius 2 is 2.13 bits per heavy atom. The number of nitrogens with two attached hydrogens (primary N) is 1. The summed E-state index contributed by atoms with van der Waals surface area (Å²) in [6, 6.07) is 1.89. The molecule has 7 heteroatoms. The van der Waals surface area contributed by atoms with E-state index in [1.807, 2.05) is 0 Å². The van der Waals surface area contributed by atoms with Gasteiger partial charge in [0.05, 0.1) is 5.56 Å². The fourth-order valence-corrected chi connectivity index (χ4v) is 0.972. The average molecular weight is 219 g/mol. The molecule has 0 atom stereocenters. The normalized spacial score (nSPS) is 11.3. The molecule has 0 unspecified atom stereocenters. The van der Waals surface area contributed by atoms with Crippen LogP contribution in [0.3, 0.4) is 0 Å². The molecule has 1 amide bonds. The lowest BCUT2D eigenvalue weighted by Crippen LogP contribution is -2.35. The monoisotopic (exact) mass is 219 g/mol. The van der Waals surface area contributed by atoms with E-state index in [1.165, 1.54) is 0 Å². The Kier molecular flexibility index (Phi) is 2.94. The van der Waals surface area contributed by atoms with Gasteiger partial charge in [-0.15, -0.1) is 0 Å². The number of aromatic nitrogens is 1. The van der Waals surface area contributed by atoms with Crippen LogP contribution in [-0.2, 0) is 6.18 Å². The van der Waals surface area contributed by atoms with Crippen LogP contribution in [0.25, 0.3) is 0 Å². The van der Waals surface area contributed by atoms with E-state index in [9.17, 15) is 18.0 Å². The van der Waals surface area contributed by atoms with Crippen molar-refractivity contribution in [3.05, 3.63) is 29.6 Å². The number of rotatable bonds is 1. The van der Waals surface area contributed by atoms with Gasteiger partial charge in [-0.3, -0.25) is 14.8 Å². The molecule has 0 fully saturated rings. The second-order valence-corrected chi connectivity index (χ2v) is 2.81. The molecule has 0 saturated heterocycles. The van der Waals surface area contributed by atoms with E-state index < -0.39 is 23.3 Å². The van der Waals surface area contributed by atoms with E-state index in [-0.39, 0.29) is 0 Å². The smallest absolute Gasteiger partial charge is 0.278 e. The summed E-state index contributed by atoms with van der Waals surface area (Å²) in [5.41, 5.74) is -1.79. The van der Waals surface area contributed by atoms with Crippen LogP contribution in [-0.4, -0.2) is 22.9 Å². The zero-order valence-electron chi connectivity index (χ0n) is 7.75. The molecule has 1 rings (SSSR count). The third-order valence-electron chi connectivity index (χ3n) is 1.64. The van der Waals surface area contributed by atoms with Crippen LogP contribution in [0.15, 0.2) is 18.3 Å². The van der Waals surface area contributed by atoms with E-state index in [2.05, 4.69) is 4.98 Å². The highest BCUT2D eigenvalue weighted by Gasteiger charge is 2.36. The highest BCUT2D eigenvalue weighted by atomic mass is 19.4. The molecule has 0 radical (unpaired) electrons. The highest BCUT2D eigenvalue weighted by Crippen LogP contribution is 2.31. The van der Waals surface area contributed by atoms with E-state index in [4.69, 9.17) is 5.84 Å². The summed E-state index contributed by atoms with van der Waals surface area (Å²) in [6.45, 7) is 0. The molecule has 0 bridgehead atoms. The summed E-state index contributed by atoms with van der Waals surface area (Å²) < 4.78 is 37.3. The predicted molar refractivity (Wildman–Crippen MR) is 45.5 cm³/mol. The van der Waals surface area contributed by atoms with Gasteiger partial charge in [0, 0.05) is 13.2 Å². The van der Waals surface area contributed by atoms with Crippen molar-refractivity contribution in [1.29, 1.82) is 0 Å². The van der Waals surface area contributed by atoms with Crippen LogP contribution >= 0.6 is 0 Å². The Labute approximate surface area is 83.5 Å². The zero-order valence-corrected chi connectivity index (χ0v) is 7.75. The van der Waals surface area contributed by atoms with E-state index in [0.29, 0.717) is 5.01 Å². The number of hydrogen-bond acceptors (Lipinski definition) is 3. The largest absolute Gasteiger partial charge is 0.418 e. The summed E-state index contributed by atoms with van der Waals surface area (Å²) in [5.74, 6) is 4.07. The first kappa shape index (κ1) is 11.4. The van der Waals surface area contributed by atoms with Crippen LogP contribution < -0.4 is 5.84 Å². The van der Waals surface area contributed by atoms with Crippen LogP contribution in [0.2, 0.25) is 0 Å². The van der Waals surface area contributed by atoms with Gasteiger partial charge in [-0.2, -0.15) is 13.2 Å². The lowest BCUT2D eigenvalue weighted by atomic mass is 10.2. The molecule has 4 nitrogen and oxygen atoms in total. The van der Waals surface area contributed by atoms with Crippen LogP contribution in [0.5, 0.6) is 0 Å². The first-order valence-electron chi connectivity index (χ1n) is 3.89. The molecular weight excluding hydrogens is 211 g/mol. The summed E-state index contributed by atoms with van der Waals surface area (Å²) in [6.07, 6.45) is -3.51. The molecule has 0 aromatic carbocycles. The Morgan fingerprint density at radius 1 is 1.53 bits per heavy atom. The molecule has 1 aromatic heterocycles. The summed E-state index contributed by atoms with van der Waals surface area (Å²) in [4.78, 5) is 14.6. The molecule has 1 heterocycles. The van der Waals surface area contributed by atoms with E-state index >= 15 is 0 Å². The molecular formula is C8H8F3N3O. The second kappa shape index (κ2) is 3.85. The van der Waals surface area contributed by atoms with Crippen molar-refractivity contribution >= 4 is 5.91 Å². The maximum atomic E-state index is 12.4. The Balaban J connectivity index is 3.25. The molecule has 0 aliphatic heterocycles. The second-order valence-electron chi connectivity index (χ2n) is 2.81. The Bertz CT molecular complexity index is 376.